The van der Waals surface area contributed by atoms with Crippen LogP contribution in [0.15, 0.2) is 47.1 Å². The van der Waals surface area contributed by atoms with Crippen LogP contribution in [-0.2, 0) is 0 Å². The fraction of sp³-hybridized carbons (Fsp3) is 0.250. The van der Waals surface area contributed by atoms with Gasteiger partial charge >= 0.3 is 0 Å². The van der Waals surface area contributed by atoms with Gasteiger partial charge in [-0.2, -0.15) is 0 Å². The first-order valence-corrected chi connectivity index (χ1v) is 4.69. The van der Waals surface area contributed by atoms with Crippen molar-refractivity contribution in [2.45, 2.75) is 13.8 Å². The van der Waals surface area contributed by atoms with E-state index in [1.807, 2.05) is 57.3 Å². The SMILES string of the molecule is CN/C(C)=C\C(C)=N\c1ccccc1. The van der Waals surface area contributed by atoms with Gasteiger partial charge in [0.05, 0.1) is 5.69 Å². The van der Waals surface area contributed by atoms with E-state index < -0.39 is 0 Å². The van der Waals surface area contributed by atoms with Crippen molar-refractivity contribution in [2.75, 3.05) is 7.05 Å². The van der Waals surface area contributed by atoms with Crippen molar-refractivity contribution in [3.8, 4) is 0 Å². The molecule has 0 bridgehead atoms. The average molecular weight is 188 g/mol. The Balaban J connectivity index is 2.79. The molecule has 1 rings (SSSR count). The summed E-state index contributed by atoms with van der Waals surface area (Å²) in [5.74, 6) is 0. The maximum absolute atomic E-state index is 4.45. The smallest absolute Gasteiger partial charge is 0.0632 e. The van der Waals surface area contributed by atoms with Gasteiger partial charge in [-0.3, -0.25) is 4.99 Å². The number of hydrogen-bond acceptors (Lipinski definition) is 2. The van der Waals surface area contributed by atoms with E-state index in [-0.39, 0.29) is 0 Å². The van der Waals surface area contributed by atoms with Crippen molar-refractivity contribution in [1.29, 1.82) is 0 Å². The fourth-order valence-electron chi connectivity index (χ4n) is 1.12. The Morgan fingerprint density at radius 1 is 1.21 bits per heavy atom. The number of hydrogen-bond donors (Lipinski definition) is 1. The van der Waals surface area contributed by atoms with E-state index >= 15 is 0 Å². The van der Waals surface area contributed by atoms with Crippen LogP contribution in [0.1, 0.15) is 13.8 Å². The van der Waals surface area contributed by atoms with E-state index in [1.165, 1.54) is 0 Å². The number of benzene rings is 1. The molecule has 0 radical (unpaired) electrons. The molecule has 0 amide bonds. The van der Waals surface area contributed by atoms with Gasteiger partial charge in [-0.05, 0) is 32.1 Å². The summed E-state index contributed by atoms with van der Waals surface area (Å²) in [4.78, 5) is 4.45. The van der Waals surface area contributed by atoms with Crippen LogP contribution < -0.4 is 5.32 Å². The molecule has 0 heterocycles. The summed E-state index contributed by atoms with van der Waals surface area (Å²) in [6.07, 6.45) is 2.02. The van der Waals surface area contributed by atoms with Crippen molar-refractivity contribution in [2.24, 2.45) is 4.99 Å². The number of nitrogens with zero attached hydrogens (tertiary/aromatic N) is 1. The Morgan fingerprint density at radius 2 is 1.86 bits per heavy atom. The molecule has 0 aliphatic carbocycles. The van der Waals surface area contributed by atoms with Crippen LogP contribution >= 0.6 is 0 Å². The standard InChI is InChI=1S/C12H16N2/c1-10(13-3)9-11(2)14-12-7-5-4-6-8-12/h4-9,13H,1-3H3/b10-9-,14-11+. The van der Waals surface area contributed by atoms with Gasteiger partial charge in [0.1, 0.15) is 0 Å². The van der Waals surface area contributed by atoms with Crippen LogP contribution in [0, 0.1) is 0 Å². The third kappa shape index (κ3) is 3.44. The summed E-state index contributed by atoms with van der Waals surface area (Å²) in [5.41, 5.74) is 3.11. The highest BCUT2D eigenvalue weighted by Crippen LogP contribution is 2.10. The minimum Gasteiger partial charge on any atom is -0.392 e. The van der Waals surface area contributed by atoms with E-state index in [9.17, 15) is 0 Å². The van der Waals surface area contributed by atoms with Crippen molar-refractivity contribution in [3.05, 3.63) is 42.1 Å². The molecular formula is C12H16N2. The van der Waals surface area contributed by atoms with Crippen LogP contribution in [0.4, 0.5) is 5.69 Å². The van der Waals surface area contributed by atoms with Gasteiger partial charge in [0, 0.05) is 18.5 Å². The Kier molecular flexibility index (Phi) is 3.92. The molecule has 0 saturated carbocycles. The van der Waals surface area contributed by atoms with Crippen molar-refractivity contribution in [1.82, 2.24) is 5.32 Å². The van der Waals surface area contributed by atoms with Gasteiger partial charge in [-0.15, -0.1) is 0 Å². The van der Waals surface area contributed by atoms with Crippen molar-refractivity contribution in [3.63, 3.8) is 0 Å². The van der Waals surface area contributed by atoms with Gasteiger partial charge in [-0.25, -0.2) is 0 Å². The molecule has 0 fully saturated rings. The first-order chi connectivity index (χ1) is 6.72. The Morgan fingerprint density at radius 3 is 2.43 bits per heavy atom. The third-order valence-corrected chi connectivity index (χ3v) is 1.88. The van der Waals surface area contributed by atoms with E-state index in [0.29, 0.717) is 0 Å². The molecule has 1 aromatic carbocycles. The lowest BCUT2D eigenvalue weighted by Gasteiger charge is -1.99. The number of para-hydroxylation sites is 1. The summed E-state index contributed by atoms with van der Waals surface area (Å²) in [6, 6.07) is 9.95. The zero-order valence-electron chi connectivity index (χ0n) is 8.91. The maximum Gasteiger partial charge on any atom is 0.0632 e. The largest absolute Gasteiger partial charge is 0.392 e. The molecule has 0 aliphatic rings. The highest BCUT2D eigenvalue weighted by Gasteiger charge is 1.89. The normalized spacial score (nSPS) is 12.8. The molecule has 0 unspecified atom stereocenters. The fourth-order valence-corrected chi connectivity index (χ4v) is 1.12. The molecule has 1 aromatic rings. The molecule has 0 spiro atoms. The predicted molar refractivity (Wildman–Crippen MR) is 62.0 cm³/mol. The Bertz CT molecular complexity index is 337. The van der Waals surface area contributed by atoms with Crippen molar-refractivity contribution >= 4 is 11.4 Å². The Labute approximate surface area is 85.4 Å². The second kappa shape index (κ2) is 5.22. The topological polar surface area (TPSA) is 24.4 Å². The molecule has 2 nitrogen and oxygen atoms in total. The third-order valence-electron chi connectivity index (χ3n) is 1.88. The highest BCUT2D eigenvalue weighted by molar-refractivity contribution is 5.95. The quantitative estimate of drug-likeness (QED) is 0.725. The second-order valence-corrected chi connectivity index (χ2v) is 3.17. The van der Waals surface area contributed by atoms with Crippen LogP contribution in [0.3, 0.4) is 0 Å². The summed E-state index contributed by atoms with van der Waals surface area (Å²) in [6.45, 7) is 4.01. The van der Waals surface area contributed by atoms with E-state index in [0.717, 1.165) is 17.1 Å². The lowest BCUT2D eigenvalue weighted by atomic mass is 10.3. The van der Waals surface area contributed by atoms with E-state index in [1.54, 1.807) is 0 Å². The molecule has 0 aliphatic heterocycles. The first kappa shape index (κ1) is 10.5. The summed E-state index contributed by atoms with van der Waals surface area (Å²) < 4.78 is 0. The van der Waals surface area contributed by atoms with Gasteiger partial charge in [0.15, 0.2) is 0 Å². The van der Waals surface area contributed by atoms with Gasteiger partial charge in [0.2, 0.25) is 0 Å². The first-order valence-electron chi connectivity index (χ1n) is 4.69. The molecule has 1 N–H and O–H groups in total. The lowest BCUT2D eigenvalue weighted by Crippen LogP contribution is -2.03. The van der Waals surface area contributed by atoms with E-state index in [2.05, 4.69) is 10.3 Å². The number of nitrogens with one attached hydrogen (secondary N) is 1. The van der Waals surface area contributed by atoms with Crippen LogP contribution in [0.25, 0.3) is 0 Å². The number of rotatable bonds is 3. The second-order valence-electron chi connectivity index (χ2n) is 3.17. The highest BCUT2D eigenvalue weighted by atomic mass is 14.8. The van der Waals surface area contributed by atoms with Crippen molar-refractivity contribution < 1.29 is 0 Å². The maximum atomic E-state index is 4.45. The molecule has 14 heavy (non-hydrogen) atoms. The molecule has 0 aromatic heterocycles. The zero-order valence-corrected chi connectivity index (χ0v) is 8.91. The van der Waals surface area contributed by atoms with Crippen LogP contribution in [-0.4, -0.2) is 12.8 Å². The molecule has 0 saturated heterocycles. The van der Waals surface area contributed by atoms with Crippen LogP contribution in [0.5, 0.6) is 0 Å². The summed E-state index contributed by atoms with van der Waals surface area (Å²) in [5, 5.41) is 3.06. The molecular weight excluding hydrogens is 172 g/mol. The monoisotopic (exact) mass is 188 g/mol. The Hall–Kier alpha value is -1.57. The lowest BCUT2D eigenvalue weighted by molar-refractivity contribution is 0.992. The van der Waals surface area contributed by atoms with Gasteiger partial charge in [-0.1, -0.05) is 18.2 Å². The minimum absolute atomic E-state index is 0.991. The van der Waals surface area contributed by atoms with Gasteiger partial charge in [0.25, 0.3) is 0 Å². The van der Waals surface area contributed by atoms with Gasteiger partial charge < -0.3 is 5.32 Å². The number of allylic oxidation sites excluding steroid dienone is 2. The predicted octanol–water partition coefficient (Wildman–Crippen LogP) is 2.90. The molecule has 2 heteroatoms. The van der Waals surface area contributed by atoms with E-state index in [4.69, 9.17) is 0 Å². The molecule has 74 valence electrons. The minimum atomic E-state index is 0.991. The summed E-state index contributed by atoms with van der Waals surface area (Å²) >= 11 is 0. The molecule has 0 atom stereocenters. The van der Waals surface area contributed by atoms with Crippen LogP contribution in [0.2, 0.25) is 0 Å². The zero-order chi connectivity index (χ0) is 10.4. The number of aliphatic imine (C=N–C) groups is 1. The average Bonchev–Trinajstić information content (AvgIpc) is 2.19. The summed E-state index contributed by atoms with van der Waals surface area (Å²) in [7, 11) is 1.90.